The Morgan fingerprint density at radius 3 is 2.72 bits per heavy atom. The third-order valence-corrected chi connectivity index (χ3v) is 4.58. The molecule has 1 N–H and O–H groups in total. The second-order valence-electron chi connectivity index (χ2n) is 4.78. The number of nitrogens with zero attached hydrogens (tertiary/aromatic N) is 1. The number of hydrogen-bond acceptors (Lipinski definition) is 3. The first-order chi connectivity index (χ1) is 8.49. The second-order valence-corrected chi connectivity index (χ2v) is 6.03. The van der Waals surface area contributed by atoms with Gasteiger partial charge in [0.05, 0.1) is 10.8 Å². The van der Waals surface area contributed by atoms with Crippen LogP contribution in [-0.4, -0.2) is 35.0 Å². The number of thiophene rings is 1. The first-order valence-electron chi connectivity index (χ1n) is 6.08. The van der Waals surface area contributed by atoms with Crippen LogP contribution in [-0.2, 0) is 4.79 Å². The zero-order chi connectivity index (χ0) is 13.3. The lowest BCUT2D eigenvalue weighted by Gasteiger charge is -2.30. The molecule has 4 nitrogen and oxygen atoms in total. The number of carbonyl (C=O) groups is 2. The minimum atomic E-state index is -0.800. The number of piperidine rings is 1. The number of carboxylic acid groups (broad SMARTS) is 1. The van der Waals surface area contributed by atoms with Gasteiger partial charge in [0.1, 0.15) is 0 Å². The van der Waals surface area contributed by atoms with E-state index in [1.165, 1.54) is 11.3 Å². The summed E-state index contributed by atoms with van der Waals surface area (Å²) in [6.07, 6.45) is 1.44. The summed E-state index contributed by atoms with van der Waals surface area (Å²) in [4.78, 5) is 26.8. The summed E-state index contributed by atoms with van der Waals surface area (Å²) in [7, 11) is 0. The molecule has 1 amide bonds. The maximum Gasteiger partial charge on any atom is 0.308 e. The fourth-order valence-corrected chi connectivity index (χ4v) is 3.20. The van der Waals surface area contributed by atoms with Gasteiger partial charge < -0.3 is 10.0 Å². The van der Waals surface area contributed by atoms with E-state index in [9.17, 15) is 9.59 Å². The Hall–Kier alpha value is -1.36. The van der Waals surface area contributed by atoms with Crippen LogP contribution < -0.4 is 0 Å². The summed E-state index contributed by atoms with van der Waals surface area (Å²) < 4.78 is 0. The Morgan fingerprint density at radius 2 is 2.17 bits per heavy atom. The molecule has 1 atom stereocenters. The lowest BCUT2D eigenvalue weighted by Crippen LogP contribution is -2.42. The summed E-state index contributed by atoms with van der Waals surface area (Å²) in [5, 5.41) is 9.02. The zero-order valence-corrected chi connectivity index (χ0v) is 11.4. The third-order valence-electron chi connectivity index (χ3n) is 3.43. The molecule has 2 rings (SSSR count). The van der Waals surface area contributed by atoms with Crippen LogP contribution in [0.2, 0.25) is 0 Å². The van der Waals surface area contributed by atoms with Gasteiger partial charge in [-0.05, 0) is 38.3 Å². The van der Waals surface area contributed by atoms with Crippen LogP contribution in [0.25, 0.3) is 0 Å². The van der Waals surface area contributed by atoms with E-state index >= 15 is 0 Å². The van der Waals surface area contributed by atoms with Crippen molar-refractivity contribution in [2.24, 2.45) is 5.92 Å². The Labute approximate surface area is 110 Å². The predicted octanol–water partition coefficient (Wildman–Crippen LogP) is 2.30. The highest BCUT2D eigenvalue weighted by molar-refractivity contribution is 7.14. The number of aryl methyl sites for hydroxylation is 2. The maximum absolute atomic E-state index is 12.3. The van der Waals surface area contributed by atoms with E-state index in [-0.39, 0.29) is 5.91 Å². The minimum absolute atomic E-state index is 0.0258. The van der Waals surface area contributed by atoms with Gasteiger partial charge >= 0.3 is 5.97 Å². The molecule has 0 aliphatic carbocycles. The highest BCUT2D eigenvalue weighted by atomic mass is 32.1. The summed E-state index contributed by atoms with van der Waals surface area (Å²) in [5.74, 6) is -1.24. The molecule has 1 aromatic heterocycles. The van der Waals surface area contributed by atoms with Crippen LogP contribution in [0.5, 0.6) is 0 Å². The molecule has 5 heteroatoms. The Morgan fingerprint density at radius 1 is 1.44 bits per heavy atom. The van der Waals surface area contributed by atoms with E-state index in [1.807, 2.05) is 19.9 Å². The Bertz CT molecular complexity index is 461. The van der Waals surface area contributed by atoms with E-state index in [1.54, 1.807) is 4.90 Å². The van der Waals surface area contributed by atoms with Crippen molar-refractivity contribution in [1.29, 1.82) is 0 Å². The number of carbonyl (C=O) groups excluding carboxylic acids is 1. The standard InChI is InChI=1S/C13H17NO3S/c1-8-6-11(18-9(8)2)12(15)14-5-3-4-10(7-14)13(16)17/h6,10H,3-5,7H2,1-2H3,(H,16,17)/t10-/m1/s1. The van der Waals surface area contributed by atoms with Crippen molar-refractivity contribution in [3.8, 4) is 0 Å². The normalized spacial score (nSPS) is 19.9. The molecule has 1 saturated heterocycles. The summed E-state index contributed by atoms with van der Waals surface area (Å²) in [6.45, 7) is 4.98. The number of amides is 1. The molecule has 1 aliphatic rings. The molecule has 0 spiro atoms. The van der Waals surface area contributed by atoms with Gasteiger partial charge in [0.15, 0.2) is 0 Å². The van der Waals surface area contributed by atoms with Crippen molar-refractivity contribution < 1.29 is 14.7 Å². The largest absolute Gasteiger partial charge is 0.481 e. The molecule has 0 aromatic carbocycles. The van der Waals surface area contributed by atoms with Crippen molar-refractivity contribution in [3.05, 3.63) is 21.4 Å². The average molecular weight is 267 g/mol. The molecular formula is C13H17NO3S. The number of likely N-dealkylation sites (tertiary alicyclic amines) is 1. The quantitative estimate of drug-likeness (QED) is 0.894. The summed E-state index contributed by atoms with van der Waals surface area (Å²) in [5.41, 5.74) is 1.12. The van der Waals surface area contributed by atoms with Crippen LogP contribution >= 0.6 is 11.3 Å². The summed E-state index contributed by atoms with van der Waals surface area (Å²) >= 11 is 1.49. The fraction of sp³-hybridized carbons (Fsp3) is 0.538. The van der Waals surface area contributed by atoms with Crippen molar-refractivity contribution in [2.75, 3.05) is 13.1 Å². The lowest BCUT2D eigenvalue weighted by atomic mass is 9.98. The average Bonchev–Trinajstić information content (AvgIpc) is 2.69. The van der Waals surface area contributed by atoms with Gasteiger partial charge in [-0.15, -0.1) is 11.3 Å². The monoisotopic (exact) mass is 267 g/mol. The second kappa shape index (κ2) is 5.10. The fourth-order valence-electron chi connectivity index (χ4n) is 2.20. The molecule has 18 heavy (non-hydrogen) atoms. The van der Waals surface area contributed by atoms with Gasteiger partial charge in [0.25, 0.3) is 5.91 Å². The summed E-state index contributed by atoms with van der Waals surface area (Å²) in [6, 6.07) is 1.90. The van der Waals surface area contributed by atoms with Gasteiger partial charge in [0, 0.05) is 18.0 Å². The van der Waals surface area contributed by atoms with Gasteiger partial charge in [-0.1, -0.05) is 0 Å². The Kier molecular flexibility index (Phi) is 3.71. The van der Waals surface area contributed by atoms with Gasteiger partial charge in [-0.3, -0.25) is 9.59 Å². The molecular weight excluding hydrogens is 250 g/mol. The molecule has 1 aliphatic heterocycles. The predicted molar refractivity (Wildman–Crippen MR) is 70.1 cm³/mol. The van der Waals surface area contributed by atoms with Crippen molar-refractivity contribution in [3.63, 3.8) is 0 Å². The first kappa shape index (κ1) is 13.1. The topological polar surface area (TPSA) is 57.6 Å². The number of carboxylic acids is 1. The molecule has 1 fully saturated rings. The number of hydrogen-bond donors (Lipinski definition) is 1. The molecule has 0 unspecified atom stereocenters. The van der Waals surface area contributed by atoms with E-state index < -0.39 is 11.9 Å². The Balaban J connectivity index is 2.11. The van der Waals surface area contributed by atoms with Crippen LogP contribution in [0.15, 0.2) is 6.07 Å². The third kappa shape index (κ3) is 2.56. The van der Waals surface area contributed by atoms with Crippen molar-refractivity contribution in [1.82, 2.24) is 4.90 Å². The van der Waals surface area contributed by atoms with E-state index in [0.29, 0.717) is 19.5 Å². The highest BCUT2D eigenvalue weighted by Crippen LogP contribution is 2.24. The molecule has 2 heterocycles. The van der Waals surface area contributed by atoms with Gasteiger partial charge in [-0.2, -0.15) is 0 Å². The van der Waals surface area contributed by atoms with Crippen molar-refractivity contribution >= 4 is 23.2 Å². The first-order valence-corrected chi connectivity index (χ1v) is 6.90. The van der Waals surface area contributed by atoms with Crippen LogP contribution in [0, 0.1) is 19.8 Å². The minimum Gasteiger partial charge on any atom is -0.481 e. The molecule has 0 saturated carbocycles. The SMILES string of the molecule is Cc1cc(C(=O)N2CCC[C@@H](C(=O)O)C2)sc1C. The van der Waals surface area contributed by atoms with Gasteiger partial charge in [-0.25, -0.2) is 0 Å². The number of rotatable bonds is 2. The van der Waals surface area contributed by atoms with Crippen LogP contribution in [0.4, 0.5) is 0 Å². The zero-order valence-electron chi connectivity index (χ0n) is 10.6. The number of aliphatic carboxylic acids is 1. The maximum atomic E-state index is 12.3. The van der Waals surface area contributed by atoms with E-state index in [4.69, 9.17) is 5.11 Å². The van der Waals surface area contributed by atoms with E-state index in [2.05, 4.69) is 0 Å². The highest BCUT2D eigenvalue weighted by Gasteiger charge is 2.29. The molecule has 98 valence electrons. The van der Waals surface area contributed by atoms with E-state index in [0.717, 1.165) is 21.7 Å². The van der Waals surface area contributed by atoms with Gasteiger partial charge in [0.2, 0.25) is 0 Å². The van der Waals surface area contributed by atoms with Crippen LogP contribution in [0.1, 0.15) is 33.0 Å². The smallest absolute Gasteiger partial charge is 0.308 e. The molecule has 0 bridgehead atoms. The van der Waals surface area contributed by atoms with Crippen LogP contribution in [0.3, 0.4) is 0 Å². The molecule has 0 radical (unpaired) electrons. The lowest BCUT2D eigenvalue weighted by molar-refractivity contribution is -0.143. The molecule has 1 aromatic rings. The van der Waals surface area contributed by atoms with Crippen molar-refractivity contribution in [2.45, 2.75) is 26.7 Å².